The summed E-state index contributed by atoms with van der Waals surface area (Å²) in [5.74, 6) is 2.03. The predicted molar refractivity (Wildman–Crippen MR) is 246 cm³/mol. The number of benzene rings is 3. The van der Waals surface area contributed by atoms with E-state index in [2.05, 4.69) is 35.8 Å². The van der Waals surface area contributed by atoms with Gasteiger partial charge in [0.2, 0.25) is 5.79 Å². The molecule has 3 aromatic carbocycles. The second kappa shape index (κ2) is 22.6. The summed E-state index contributed by atoms with van der Waals surface area (Å²) in [7, 11) is 0. The lowest BCUT2D eigenvalue weighted by atomic mass is 9.56. The molecule has 2 heterocycles. The number of nitrogens with zero attached hydrogens (tertiary/aromatic N) is 3. The highest BCUT2D eigenvalue weighted by molar-refractivity contribution is 8.00. The molecule has 328 valence electrons. The van der Waals surface area contributed by atoms with Crippen molar-refractivity contribution in [2.45, 2.75) is 79.8 Å². The van der Waals surface area contributed by atoms with E-state index in [1.54, 1.807) is 30.0 Å². The monoisotopic (exact) mass is 879 g/mol. The number of nitro benzene ring substituents is 1. The van der Waals surface area contributed by atoms with Gasteiger partial charge in [-0.2, -0.15) is 11.8 Å². The molecule has 0 amide bonds. The molecular weight excluding hydrogens is 823 g/mol. The Balaban J connectivity index is 1.30. The van der Waals surface area contributed by atoms with E-state index in [9.17, 15) is 20.3 Å². The summed E-state index contributed by atoms with van der Waals surface area (Å²) in [6, 6.07) is 27.0. The molecule has 3 aliphatic rings. The lowest BCUT2D eigenvalue weighted by molar-refractivity contribution is -0.384. The smallest absolute Gasteiger partial charge is 0.269 e. The van der Waals surface area contributed by atoms with Gasteiger partial charge in [0.1, 0.15) is 18.1 Å². The summed E-state index contributed by atoms with van der Waals surface area (Å²) < 4.78 is 20.9. The van der Waals surface area contributed by atoms with E-state index in [4.69, 9.17) is 24.2 Å². The Kier molecular flexibility index (Phi) is 16.6. The molecule has 13 heteroatoms. The van der Waals surface area contributed by atoms with Gasteiger partial charge >= 0.3 is 0 Å². The van der Waals surface area contributed by atoms with Crippen molar-refractivity contribution >= 4 is 34.9 Å². The van der Waals surface area contributed by atoms with Gasteiger partial charge in [-0.3, -0.25) is 15.1 Å². The van der Waals surface area contributed by atoms with Gasteiger partial charge in [0.25, 0.3) is 5.69 Å². The Hall–Kier alpha value is -4.66. The maximum atomic E-state index is 11.3. The van der Waals surface area contributed by atoms with Gasteiger partial charge in [-0.25, -0.2) is 0 Å². The standard InChI is InChI=1S/C49H57N3O8S2/c1-2-27-58-49-46(62-29-22-35-20-23-50-24-21-35)33-44(51-59-34-36-14-16-38(17-15-36)52(55)56)42-31-37(10-6-8-25-53)41(13-7-9-26-54)47(48(42)49)43-32-39(18-19-45(43)60-49)57-28-30-61-40-11-4-3-5-12-40/h2-5,11-12,14-21,23-24,31-32,37,41,46-48,53-54H,1,6-10,13,22,25-30,33-34H2/t37-,41+,46-,47+,48+,49+/m0/s1. The second-order valence-electron chi connectivity index (χ2n) is 15.9. The van der Waals surface area contributed by atoms with Crippen LogP contribution in [0.1, 0.15) is 67.6 Å². The van der Waals surface area contributed by atoms with Crippen LogP contribution in [0.15, 0.2) is 132 Å². The number of fused-ring (bicyclic) bond motifs is 2. The van der Waals surface area contributed by atoms with Crippen LogP contribution in [0.4, 0.5) is 5.69 Å². The van der Waals surface area contributed by atoms with Crippen LogP contribution in [-0.2, 0) is 22.6 Å². The molecule has 0 spiro atoms. The van der Waals surface area contributed by atoms with E-state index in [0.29, 0.717) is 25.9 Å². The SMILES string of the molecule is C=CCO[C@@]12Oc3ccc(OCCSc4ccccc4)cc3[C@H]3[C@H](CCCCO)[C@@H](CCCCO)C=C(C(=NOCc4ccc([N+](=O)[O-])cc4)C[C@@H]1SCCc1ccncc1)[C@H]32. The molecule has 0 radical (unpaired) electrons. The first-order valence-corrected chi connectivity index (χ1v) is 23.7. The average molecular weight is 880 g/mol. The molecule has 1 fully saturated rings. The molecule has 6 atom stereocenters. The maximum absolute atomic E-state index is 11.3. The number of aliphatic hydroxyl groups excluding tert-OH is 2. The summed E-state index contributed by atoms with van der Waals surface area (Å²) in [4.78, 5) is 22.5. The van der Waals surface area contributed by atoms with Crippen molar-refractivity contribution in [1.82, 2.24) is 4.98 Å². The second-order valence-corrected chi connectivity index (χ2v) is 18.4. The van der Waals surface area contributed by atoms with Gasteiger partial charge in [-0.1, -0.05) is 48.3 Å². The van der Waals surface area contributed by atoms with E-state index >= 15 is 0 Å². The molecule has 62 heavy (non-hydrogen) atoms. The number of nitro groups is 1. The minimum atomic E-state index is -1.09. The number of hydrogen-bond acceptors (Lipinski definition) is 12. The lowest BCUT2D eigenvalue weighted by Gasteiger charge is -2.58. The van der Waals surface area contributed by atoms with Gasteiger partial charge in [0.05, 0.1) is 35.0 Å². The van der Waals surface area contributed by atoms with Crippen molar-refractivity contribution in [3.63, 3.8) is 0 Å². The third-order valence-corrected chi connectivity index (χ3v) is 14.3. The van der Waals surface area contributed by atoms with Crippen LogP contribution >= 0.6 is 23.5 Å². The van der Waals surface area contributed by atoms with Gasteiger partial charge in [0.15, 0.2) is 0 Å². The first-order chi connectivity index (χ1) is 30.4. The summed E-state index contributed by atoms with van der Waals surface area (Å²) in [5, 5.41) is 35.9. The van der Waals surface area contributed by atoms with Crippen molar-refractivity contribution < 1.29 is 34.2 Å². The van der Waals surface area contributed by atoms with E-state index in [-0.39, 0.29) is 61.0 Å². The summed E-state index contributed by atoms with van der Waals surface area (Å²) in [6.07, 6.45) is 14.0. The maximum Gasteiger partial charge on any atom is 0.269 e. The van der Waals surface area contributed by atoms with Crippen LogP contribution in [0, 0.1) is 27.9 Å². The van der Waals surface area contributed by atoms with E-state index in [0.717, 1.165) is 77.5 Å². The normalized spacial score (nSPS) is 23.1. The highest BCUT2D eigenvalue weighted by Crippen LogP contribution is 2.62. The molecule has 0 saturated heterocycles. The quantitative estimate of drug-likeness (QED) is 0.0228. The van der Waals surface area contributed by atoms with E-state index in [1.807, 2.05) is 66.6 Å². The molecule has 1 saturated carbocycles. The number of hydrogen-bond donors (Lipinski definition) is 2. The minimum absolute atomic E-state index is 0.0197. The van der Waals surface area contributed by atoms with Gasteiger partial charge in [0, 0.05) is 66.3 Å². The van der Waals surface area contributed by atoms with Crippen molar-refractivity contribution in [3.8, 4) is 11.5 Å². The zero-order valence-corrected chi connectivity index (χ0v) is 36.7. The van der Waals surface area contributed by atoms with Gasteiger partial charge in [-0.05, 0) is 121 Å². The molecule has 11 nitrogen and oxygen atoms in total. The number of allylic oxidation sites excluding steroid dienone is 1. The zero-order valence-electron chi connectivity index (χ0n) is 35.1. The highest BCUT2D eigenvalue weighted by Gasteiger charge is 2.64. The number of oxime groups is 1. The zero-order chi connectivity index (χ0) is 43.2. The Labute approximate surface area is 373 Å². The Bertz CT molecular complexity index is 2120. The minimum Gasteiger partial charge on any atom is -0.493 e. The lowest BCUT2D eigenvalue weighted by Crippen LogP contribution is -2.64. The Morgan fingerprint density at radius 2 is 1.73 bits per heavy atom. The number of aromatic nitrogens is 1. The molecule has 1 aliphatic heterocycles. The number of thioether (sulfide) groups is 2. The number of pyridine rings is 1. The molecule has 0 bridgehead atoms. The van der Waals surface area contributed by atoms with Crippen LogP contribution in [-0.4, -0.2) is 74.8 Å². The number of rotatable bonds is 24. The van der Waals surface area contributed by atoms with Crippen LogP contribution in [0.25, 0.3) is 0 Å². The molecule has 0 unspecified atom stereocenters. The van der Waals surface area contributed by atoms with Gasteiger partial charge < -0.3 is 29.3 Å². The molecule has 1 aromatic heterocycles. The fraction of sp³-hybridized carbons (Fsp3) is 0.429. The van der Waals surface area contributed by atoms with Crippen LogP contribution < -0.4 is 9.47 Å². The van der Waals surface area contributed by atoms with Crippen molar-refractivity contribution in [2.24, 2.45) is 22.9 Å². The number of unbranched alkanes of at least 4 members (excludes halogenated alkanes) is 2. The molecule has 7 rings (SSSR count). The number of ether oxygens (including phenoxy) is 3. The summed E-state index contributed by atoms with van der Waals surface area (Å²) in [5.41, 5.74) is 4.93. The highest BCUT2D eigenvalue weighted by atomic mass is 32.2. The number of aliphatic hydroxyl groups is 2. The first-order valence-electron chi connectivity index (χ1n) is 21.7. The third kappa shape index (κ3) is 11.1. The average Bonchev–Trinajstić information content (AvgIpc) is 3.30. The predicted octanol–water partition coefficient (Wildman–Crippen LogP) is 9.97. The first kappa shape index (κ1) is 45.4. The Morgan fingerprint density at radius 1 is 0.952 bits per heavy atom. The van der Waals surface area contributed by atoms with E-state index in [1.165, 1.54) is 22.6 Å². The largest absolute Gasteiger partial charge is 0.493 e. The Morgan fingerprint density at radius 3 is 2.47 bits per heavy atom. The summed E-state index contributed by atoms with van der Waals surface area (Å²) >= 11 is 3.57. The molecule has 4 aromatic rings. The fourth-order valence-electron chi connectivity index (χ4n) is 9.17. The fourth-order valence-corrected chi connectivity index (χ4v) is 11.3. The van der Waals surface area contributed by atoms with Crippen LogP contribution in [0.3, 0.4) is 0 Å². The number of aryl methyl sites for hydroxylation is 1. The molecular formula is C49H57N3O8S2. The van der Waals surface area contributed by atoms with Crippen LogP contribution in [0.5, 0.6) is 11.5 Å². The van der Waals surface area contributed by atoms with Crippen molar-refractivity contribution in [2.75, 3.05) is 37.9 Å². The van der Waals surface area contributed by atoms with E-state index < -0.39 is 10.7 Å². The van der Waals surface area contributed by atoms with Crippen molar-refractivity contribution in [1.29, 1.82) is 0 Å². The number of non-ortho nitro benzene ring substituents is 1. The van der Waals surface area contributed by atoms with Crippen LogP contribution in [0.2, 0.25) is 0 Å². The topological polar surface area (TPSA) is 146 Å². The molecule has 2 aliphatic carbocycles. The summed E-state index contributed by atoms with van der Waals surface area (Å²) in [6.45, 7) is 5.28. The third-order valence-electron chi connectivity index (χ3n) is 12.0. The molecule has 2 N–H and O–H groups in total. The van der Waals surface area contributed by atoms with Crippen molar-refractivity contribution in [3.05, 3.63) is 148 Å². The van der Waals surface area contributed by atoms with Gasteiger partial charge in [-0.15, -0.1) is 18.3 Å².